The minimum atomic E-state index is -0.432. The van der Waals surface area contributed by atoms with Gasteiger partial charge in [0.2, 0.25) is 0 Å². The first-order valence-electron chi connectivity index (χ1n) is 8.43. The highest BCUT2D eigenvalue weighted by molar-refractivity contribution is 6.01. The number of nitrogens with zero attached hydrogens (tertiary/aromatic N) is 1. The number of phenols is 2. The van der Waals surface area contributed by atoms with E-state index in [0.717, 1.165) is 25.1 Å². The maximum Gasteiger partial charge on any atom is 0.257 e. The number of anilines is 1. The number of carbonyl (C=O) groups is 1. The number of rotatable bonds is 3. The van der Waals surface area contributed by atoms with E-state index in [1.54, 1.807) is 17.0 Å². The second-order valence-electron chi connectivity index (χ2n) is 6.43. The van der Waals surface area contributed by atoms with E-state index in [9.17, 15) is 15.0 Å². The Kier molecular flexibility index (Phi) is 3.97. The van der Waals surface area contributed by atoms with Gasteiger partial charge in [0.05, 0.1) is 11.7 Å². The Morgan fingerprint density at radius 2 is 2.00 bits per heavy atom. The van der Waals surface area contributed by atoms with Gasteiger partial charge in [0.1, 0.15) is 6.17 Å². The van der Waals surface area contributed by atoms with Gasteiger partial charge in [0, 0.05) is 18.8 Å². The zero-order valence-corrected chi connectivity index (χ0v) is 13.7. The topological polar surface area (TPSA) is 82.0 Å². The van der Waals surface area contributed by atoms with Crippen LogP contribution in [0.4, 0.5) is 5.69 Å². The van der Waals surface area contributed by atoms with E-state index in [1.807, 2.05) is 18.2 Å². The van der Waals surface area contributed by atoms with Crippen molar-refractivity contribution in [2.75, 3.05) is 18.5 Å². The molecule has 25 heavy (non-hydrogen) atoms. The number of hydrogen-bond donors (Lipinski definition) is 3. The van der Waals surface area contributed by atoms with E-state index in [-0.39, 0.29) is 23.5 Å². The molecule has 1 saturated heterocycles. The summed E-state index contributed by atoms with van der Waals surface area (Å²) >= 11 is 0. The monoisotopic (exact) mass is 340 g/mol. The highest BCUT2D eigenvalue weighted by Crippen LogP contribution is 2.36. The molecule has 6 heteroatoms. The standard InChI is InChI=1S/C19H20N2O4/c22-16-8-7-12(10-17(16)23)18-20-15-6-2-1-5-14(15)19(24)21(18)11-13-4-3-9-25-13/h1-2,5-8,10,13,18,20,22-23H,3-4,9,11H2/t13-,18+/m0/s1. The van der Waals surface area contributed by atoms with Crippen molar-refractivity contribution in [1.82, 2.24) is 4.90 Å². The zero-order chi connectivity index (χ0) is 17.4. The van der Waals surface area contributed by atoms with Gasteiger partial charge in [-0.3, -0.25) is 4.79 Å². The first kappa shape index (κ1) is 15.8. The highest BCUT2D eigenvalue weighted by Gasteiger charge is 2.35. The third kappa shape index (κ3) is 2.89. The van der Waals surface area contributed by atoms with Crippen molar-refractivity contribution in [3.63, 3.8) is 0 Å². The van der Waals surface area contributed by atoms with Crippen LogP contribution in [0.5, 0.6) is 11.5 Å². The van der Waals surface area contributed by atoms with Crippen LogP contribution in [-0.2, 0) is 4.74 Å². The van der Waals surface area contributed by atoms with E-state index >= 15 is 0 Å². The van der Waals surface area contributed by atoms with Crippen molar-refractivity contribution in [2.45, 2.75) is 25.1 Å². The average Bonchev–Trinajstić information content (AvgIpc) is 3.13. The lowest BCUT2D eigenvalue weighted by Gasteiger charge is -2.39. The number of benzene rings is 2. The first-order valence-corrected chi connectivity index (χ1v) is 8.43. The van der Waals surface area contributed by atoms with Crippen LogP contribution in [0.1, 0.15) is 34.9 Å². The highest BCUT2D eigenvalue weighted by atomic mass is 16.5. The molecule has 0 radical (unpaired) electrons. The van der Waals surface area contributed by atoms with Gasteiger partial charge in [-0.1, -0.05) is 18.2 Å². The lowest BCUT2D eigenvalue weighted by Crippen LogP contribution is -2.46. The van der Waals surface area contributed by atoms with Crippen molar-refractivity contribution in [1.29, 1.82) is 0 Å². The molecular weight excluding hydrogens is 320 g/mol. The predicted octanol–water partition coefficient (Wildman–Crippen LogP) is 2.84. The normalized spacial score (nSPS) is 22.6. The third-order valence-electron chi connectivity index (χ3n) is 4.76. The molecule has 1 fully saturated rings. The number of para-hydroxylation sites is 1. The van der Waals surface area contributed by atoms with Gasteiger partial charge in [-0.2, -0.15) is 0 Å². The van der Waals surface area contributed by atoms with Crippen molar-refractivity contribution in [3.05, 3.63) is 53.6 Å². The maximum atomic E-state index is 13.1. The summed E-state index contributed by atoms with van der Waals surface area (Å²) in [6.07, 6.45) is 1.52. The SMILES string of the molecule is O=C1c2ccccc2N[C@@H](c2ccc(O)c(O)c2)N1C[C@@H]1CCCO1. The zero-order valence-electron chi connectivity index (χ0n) is 13.7. The summed E-state index contributed by atoms with van der Waals surface area (Å²) in [7, 11) is 0. The smallest absolute Gasteiger partial charge is 0.257 e. The lowest BCUT2D eigenvalue weighted by molar-refractivity contribution is 0.0426. The maximum absolute atomic E-state index is 13.1. The van der Waals surface area contributed by atoms with Crippen LogP contribution in [0.3, 0.4) is 0 Å². The number of phenolic OH excluding ortho intramolecular Hbond substituents is 2. The molecule has 130 valence electrons. The summed E-state index contributed by atoms with van der Waals surface area (Å²) in [6, 6.07) is 12.0. The van der Waals surface area contributed by atoms with Gasteiger partial charge < -0.3 is 25.2 Å². The fourth-order valence-corrected chi connectivity index (χ4v) is 3.46. The largest absolute Gasteiger partial charge is 0.504 e. The molecule has 2 aromatic rings. The number of amides is 1. The summed E-state index contributed by atoms with van der Waals surface area (Å²) in [5.74, 6) is -0.456. The first-order chi connectivity index (χ1) is 12.1. The van der Waals surface area contributed by atoms with Crippen LogP contribution in [0, 0.1) is 0 Å². The molecular formula is C19H20N2O4. The number of hydrogen-bond acceptors (Lipinski definition) is 5. The van der Waals surface area contributed by atoms with Gasteiger partial charge in [0.25, 0.3) is 5.91 Å². The minimum Gasteiger partial charge on any atom is -0.504 e. The Hall–Kier alpha value is -2.73. The van der Waals surface area contributed by atoms with Crippen molar-refractivity contribution >= 4 is 11.6 Å². The van der Waals surface area contributed by atoms with E-state index in [1.165, 1.54) is 12.1 Å². The molecule has 2 aliphatic heterocycles. The van der Waals surface area contributed by atoms with Gasteiger partial charge in [-0.25, -0.2) is 0 Å². The molecule has 6 nitrogen and oxygen atoms in total. The quantitative estimate of drug-likeness (QED) is 0.749. The van der Waals surface area contributed by atoms with E-state index in [4.69, 9.17) is 4.74 Å². The van der Waals surface area contributed by atoms with E-state index in [0.29, 0.717) is 17.7 Å². The van der Waals surface area contributed by atoms with Gasteiger partial charge >= 0.3 is 0 Å². The molecule has 0 spiro atoms. The molecule has 0 unspecified atom stereocenters. The van der Waals surface area contributed by atoms with Gasteiger partial charge in [0.15, 0.2) is 11.5 Å². The molecule has 4 rings (SSSR count). The number of ether oxygens (including phenoxy) is 1. The van der Waals surface area contributed by atoms with Gasteiger partial charge in [-0.15, -0.1) is 0 Å². The molecule has 0 aromatic heterocycles. The van der Waals surface area contributed by atoms with Crippen LogP contribution in [0.2, 0.25) is 0 Å². The molecule has 0 aliphatic carbocycles. The van der Waals surface area contributed by atoms with Crippen LogP contribution in [0.25, 0.3) is 0 Å². The Labute approximate surface area is 145 Å². The van der Waals surface area contributed by atoms with E-state index in [2.05, 4.69) is 5.32 Å². The van der Waals surface area contributed by atoms with Gasteiger partial charge in [-0.05, 0) is 42.7 Å². The Balaban J connectivity index is 1.72. The van der Waals surface area contributed by atoms with Crippen LogP contribution in [0.15, 0.2) is 42.5 Å². The molecule has 0 saturated carbocycles. The lowest BCUT2D eigenvalue weighted by atomic mass is 10.0. The van der Waals surface area contributed by atoms with Crippen LogP contribution >= 0.6 is 0 Å². The second-order valence-corrected chi connectivity index (χ2v) is 6.43. The van der Waals surface area contributed by atoms with Crippen molar-refractivity contribution < 1.29 is 19.7 Å². The summed E-state index contributed by atoms with van der Waals surface area (Å²) in [6.45, 7) is 1.20. The third-order valence-corrected chi connectivity index (χ3v) is 4.76. The number of aromatic hydroxyl groups is 2. The average molecular weight is 340 g/mol. The minimum absolute atomic E-state index is 0.0178. The number of fused-ring (bicyclic) bond motifs is 1. The molecule has 1 amide bonds. The predicted molar refractivity (Wildman–Crippen MR) is 92.6 cm³/mol. The molecule has 2 atom stereocenters. The summed E-state index contributed by atoms with van der Waals surface area (Å²) in [5.41, 5.74) is 2.09. The Bertz CT molecular complexity index is 802. The van der Waals surface area contributed by atoms with E-state index < -0.39 is 6.17 Å². The van der Waals surface area contributed by atoms with Crippen molar-refractivity contribution in [2.24, 2.45) is 0 Å². The Morgan fingerprint density at radius 1 is 1.16 bits per heavy atom. The molecule has 3 N–H and O–H groups in total. The summed E-state index contributed by atoms with van der Waals surface area (Å²) < 4.78 is 5.71. The second kappa shape index (κ2) is 6.29. The summed E-state index contributed by atoms with van der Waals surface area (Å²) in [5, 5.41) is 22.8. The van der Waals surface area contributed by atoms with Crippen molar-refractivity contribution in [3.8, 4) is 11.5 Å². The van der Waals surface area contributed by atoms with Crippen LogP contribution < -0.4 is 5.32 Å². The fourth-order valence-electron chi connectivity index (χ4n) is 3.46. The number of nitrogens with one attached hydrogen (secondary N) is 1. The fraction of sp³-hybridized carbons (Fsp3) is 0.316. The van der Waals surface area contributed by atoms with Crippen LogP contribution in [-0.4, -0.2) is 40.3 Å². The molecule has 2 heterocycles. The molecule has 2 aliphatic rings. The number of carbonyl (C=O) groups excluding carboxylic acids is 1. The summed E-state index contributed by atoms with van der Waals surface area (Å²) in [4.78, 5) is 14.8. The Morgan fingerprint density at radius 3 is 2.76 bits per heavy atom. The molecule has 0 bridgehead atoms. The molecule has 2 aromatic carbocycles.